The maximum absolute atomic E-state index is 15.3. The summed E-state index contributed by atoms with van der Waals surface area (Å²) in [5.74, 6) is -4.11. The van der Waals surface area contributed by atoms with Crippen molar-refractivity contribution in [1.82, 2.24) is 0 Å². The molecule has 34 heavy (non-hydrogen) atoms. The van der Waals surface area contributed by atoms with Crippen LogP contribution in [-0.4, -0.2) is 6.36 Å². The van der Waals surface area contributed by atoms with Gasteiger partial charge in [-0.15, -0.1) is 13.2 Å². The molecule has 3 aromatic rings. The first kappa shape index (κ1) is 24.1. The summed E-state index contributed by atoms with van der Waals surface area (Å²) in [5.41, 5.74) is 0.742. The minimum atomic E-state index is -4.88. The van der Waals surface area contributed by atoms with Gasteiger partial charge in [0, 0.05) is 5.56 Å². The van der Waals surface area contributed by atoms with Crippen molar-refractivity contribution in [2.75, 3.05) is 0 Å². The highest BCUT2D eigenvalue weighted by Crippen LogP contribution is 2.40. The van der Waals surface area contributed by atoms with Gasteiger partial charge >= 0.3 is 6.36 Å². The fourth-order valence-corrected chi connectivity index (χ4v) is 4.64. The highest BCUT2D eigenvalue weighted by Gasteiger charge is 2.32. The molecule has 0 bridgehead atoms. The Kier molecular flexibility index (Phi) is 6.60. The number of benzene rings is 3. The van der Waals surface area contributed by atoms with E-state index in [1.807, 2.05) is 6.92 Å². The third-order valence-electron chi connectivity index (χ3n) is 6.08. The second-order valence-corrected chi connectivity index (χ2v) is 8.42. The average Bonchev–Trinajstić information content (AvgIpc) is 2.73. The van der Waals surface area contributed by atoms with E-state index in [1.165, 1.54) is 12.1 Å². The van der Waals surface area contributed by atoms with Gasteiger partial charge in [-0.05, 0) is 84.2 Å². The van der Waals surface area contributed by atoms with Gasteiger partial charge in [0.05, 0.1) is 5.56 Å². The maximum atomic E-state index is 15.3. The number of hydrogen-bond donors (Lipinski definition) is 0. The second kappa shape index (κ2) is 9.31. The Bertz CT molecular complexity index is 1180. The van der Waals surface area contributed by atoms with Crippen molar-refractivity contribution in [3.63, 3.8) is 0 Å². The lowest BCUT2D eigenvalue weighted by atomic mass is 9.78. The largest absolute Gasteiger partial charge is 0.573 e. The number of ether oxygens (including phenoxy) is 1. The van der Waals surface area contributed by atoms with E-state index < -0.39 is 41.3 Å². The summed E-state index contributed by atoms with van der Waals surface area (Å²) >= 11 is 0. The monoisotopic (exact) mass is 482 g/mol. The van der Waals surface area contributed by atoms with E-state index in [0.717, 1.165) is 36.8 Å². The number of hydrogen-bond acceptors (Lipinski definition) is 1. The molecule has 180 valence electrons. The quantitative estimate of drug-likeness (QED) is 0.335. The molecule has 1 aliphatic rings. The van der Waals surface area contributed by atoms with Crippen molar-refractivity contribution in [3.05, 3.63) is 88.0 Å². The van der Waals surface area contributed by atoms with Crippen molar-refractivity contribution in [2.24, 2.45) is 0 Å². The summed E-state index contributed by atoms with van der Waals surface area (Å²) in [4.78, 5) is 0. The van der Waals surface area contributed by atoms with Gasteiger partial charge in [-0.2, -0.15) is 0 Å². The Labute approximate surface area is 192 Å². The van der Waals surface area contributed by atoms with Crippen LogP contribution in [0.4, 0.5) is 30.7 Å². The van der Waals surface area contributed by atoms with Crippen LogP contribution in [0.2, 0.25) is 0 Å². The smallest absolute Gasteiger partial charge is 0.406 e. The second-order valence-electron chi connectivity index (χ2n) is 8.42. The van der Waals surface area contributed by atoms with E-state index in [2.05, 4.69) is 4.74 Å². The third kappa shape index (κ3) is 4.91. The zero-order chi connectivity index (χ0) is 24.6. The molecule has 4 rings (SSSR count). The van der Waals surface area contributed by atoms with Crippen LogP contribution in [0.1, 0.15) is 47.9 Å². The normalized spacial score (nSPS) is 15.8. The first-order chi connectivity index (χ1) is 16.1. The number of fused-ring (bicyclic) bond motifs is 1. The highest BCUT2D eigenvalue weighted by molar-refractivity contribution is 5.68. The predicted octanol–water partition coefficient (Wildman–Crippen LogP) is 8.03. The molecule has 3 aromatic carbocycles. The minimum absolute atomic E-state index is 0.0537. The van der Waals surface area contributed by atoms with E-state index in [0.29, 0.717) is 17.5 Å². The fourth-order valence-electron chi connectivity index (χ4n) is 4.64. The molecule has 0 radical (unpaired) electrons. The minimum Gasteiger partial charge on any atom is -0.406 e. The number of halogens is 7. The van der Waals surface area contributed by atoms with Gasteiger partial charge in [-0.1, -0.05) is 25.5 Å². The molecule has 0 saturated heterocycles. The van der Waals surface area contributed by atoms with Crippen molar-refractivity contribution in [2.45, 2.75) is 51.3 Å². The van der Waals surface area contributed by atoms with E-state index in [-0.39, 0.29) is 41.5 Å². The molecule has 1 unspecified atom stereocenters. The predicted molar refractivity (Wildman–Crippen MR) is 114 cm³/mol. The van der Waals surface area contributed by atoms with Gasteiger partial charge in [-0.25, -0.2) is 17.6 Å². The first-order valence-corrected chi connectivity index (χ1v) is 10.9. The molecule has 0 saturated carbocycles. The van der Waals surface area contributed by atoms with Gasteiger partial charge in [0.25, 0.3) is 0 Å². The van der Waals surface area contributed by atoms with Crippen LogP contribution >= 0.6 is 0 Å². The molecule has 0 spiro atoms. The van der Waals surface area contributed by atoms with Gasteiger partial charge in [0.2, 0.25) is 0 Å². The first-order valence-electron chi connectivity index (χ1n) is 10.9. The van der Waals surface area contributed by atoms with Gasteiger partial charge in [0.15, 0.2) is 0 Å². The zero-order valence-corrected chi connectivity index (χ0v) is 18.2. The Morgan fingerprint density at radius 3 is 2.15 bits per heavy atom. The van der Waals surface area contributed by atoms with E-state index >= 15 is 4.39 Å². The molecule has 0 aromatic heterocycles. The zero-order valence-electron chi connectivity index (χ0n) is 18.2. The third-order valence-corrected chi connectivity index (χ3v) is 6.08. The van der Waals surface area contributed by atoms with E-state index in [4.69, 9.17) is 0 Å². The summed E-state index contributed by atoms with van der Waals surface area (Å²) < 4.78 is 100. The Morgan fingerprint density at radius 1 is 0.912 bits per heavy atom. The fraction of sp³-hybridized carbons (Fsp3) is 0.308. The number of rotatable bonds is 5. The van der Waals surface area contributed by atoms with Crippen LogP contribution in [0.25, 0.3) is 11.1 Å². The number of alkyl halides is 3. The topological polar surface area (TPSA) is 9.23 Å². The van der Waals surface area contributed by atoms with Crippen molar-refractivity contribution >= 4 is 0 Å². The van der Waals surface area contributed by atoms with E-state index in [1.54, 1.807) is 0 Å². The Balaban J connectivity index is 1.63. The lowest BCUT2D eigenvalue weighted by Gasteiger charge is -2.27. The van der Waals surface area contributed by atoms with Crippen LogP contribution in [-0.2, 0) is 19.3 Å². The van der Waals surface area contributed by atoms with Crippen LogP contribution in [0.3, 0.4) is 0 Å². The van der Waals surface area contributed by atoms with Gasteiger partial charge in [-0.3, -0.25) is 0 Å². The molecular weight excluding hydrogens is 461 g/mol. The van der Waals surface area contributed by atoms with Crippen molar-refractivity contribution < 1.29 is 35.5 Å². The standard InChI is InChI=1S/C26H21F7O/c1-2-3-14-10-20(27)23(21(28)11-14)16-6-9-19-17(12-16)13-22(29)24(25(19)30)15-4-7-18(8-5-15)34-26(31,32)33/h4-5,7-8,10-11,13,16H,2-3,6,9,12H2,1H3. The summed E-state index contributed by atoms with van der Waals surface area (Å²) in [6.07, 6.45) is -3.10. The molecule has 0 aliphatic heterocycles. The Hall–Kier alpha value is -3.03. The lowest BCUT2D eigenvalue weighted by Crippen LogP contribution is -2.18. The van der Waals surface area contributed by atoms with Gasteiger partial charge in [0.1, 0.15) is 29.0 Å². The SMILES string of the molecule is CCCc1cc(F)c(C2CCc3c(cc(F)c(-c4ccc(OC(F)(F)F)cc4)c3F)C2)c(F)c1. The van der Waals surface area contributed by atoms with Crippen molar-refractivity contribution in [3.8, 4) is 16.9 Å². The molecule has 0 amide bonds. The summed E-state index contributed by atoms with van der Waals surface area (Å²) in [6.45, 7) is 1.91. The molecule has 1 aliphatic carbocycles. The molecule has 1 atom stereocenters. The molecule has 0 N–H and O–H groups in total. The highest BCUT2D eigenvalue weighted by atomic mass is 19.4. The molecule has 1 nitrogen and oxygen atoms in total. The molecule has 0 fully saturated rings. The molecule has 0 heterocycles. The van der Waals surface area contributed by atoms with Gasteiger partial charge < -0.3 is 4.74 Å². The van der Waals surface area contributed by atoms with Crippen LogP contribution in [0.5, 0.6) is 5.75 Å². The van der Waals surface area contributed by atoms with Crippen LogP contribution in [0, 0.1) is 23.3 Å². The van der Waals surface area contributed by atoms with E-state index in [9.17, 15) is 26.3 Å². The van der Waals surface area contributed by atoms with Crippen molar-refractivity contribution in [1.29, 1.82) is 0 Å². The average molecular weight is 482 g/mol. The van der Waals surface area contributed by atoms with Crippen LogP contribution < -0.4 is 4.74 Å². The lowest BCUT2D eigenvalue weighted by molar-refractivity contribution is -0.274. The summed E-state index contributed by atoms with van der Waals surface area (Å²) in [5, 5.41) is 0. The summed E-state index contributed by atoms with van der Waals surface area (Å²) in [7, 11) is 0. The number of aryl methyl sites for hydroxylation is 1. The maximum Gasteiger partial charge on any atom is 0.573 e. The summed E-state index contributed by atoms with van der Waals surface area (Å²) in [6, 6.07) is 8.01. The molecular formula is C26H21F7O. The van der Waals surface area contributed by atoms with Crippen LogP contribution in [0.15, 0.2) is 42.5 Å². The Morgan fingerprint density at radius 2 is 1.56 bits per heavy atom. The molecule has 8 heteroatoms.